The van der Waals surface area contributed by atoms with E-state index >= 15 is 0 Å². The number of carbonyl (C=O) groups is 1. The molecule has 8 heteroatoms. The zero-order valence-corrected chi connectivity index (χ0v) is 15.0. The van der Waals surface area contributed by atoms with Crippen molar-refractivity contribution in [1.29, 1.82) is 0 Å². The van der Waals surface area contributed by atoms with Crippen molar-refractivity contribution >= 4 is 15.9 Å². The van der Waals surface area contributed by atoms with Gasteiger partial charge < -0.3 is 10.6 Å². The molecule has 2 N–H and O–H groups in total. The number of nitrogens with zero attached hydrogens (tertiary/aromatic N) is 2. The minimum Gasteiger partial charge on any atom is -0.339 e. The van der Waals surface area contributed by atoms with E-state index in [1.54, 1.807) is 4.90 Å². The SMILES string of the molecule is CC(C)(C)[C@H](N)C(=O)N1CCN(S(=O)(=O)c2ccc(F)cc2)CC1. The van der Waals surface area contributed by atoms with Crippen molar-refractivity contribution in [3.05, 3.63) is 30.1 Å². The largest absolute Gasteiger partial charge is 0.339 e. The highest BCUT2D eigenvalue weighted by atomic mass is 32.2. The molecule has 1 aliphatic heterocycles. The fourth-order valence-corrected chi connectivity index (χ4v) is 3.89. The zero-order valence-electron chi connectivity index (χ0n) is 14.2. The molecule has 1 fully saturated rings. The van der Waals surface area contributed by atoms with E-state index in [1.165, 1.54) is 16.4 Å². The number of piperazine rings is 1. The predicted molar refractivity (Wildman–Crippen MR) is 89.2 cm³/mol. The summed E-state index contributed by atoms with van der Waals surface area (Å²) in [6, 6.07) is 4.11. The summed E-state index contributed by atoms with van der Waals surface area (Å²) < 4.78 is 39.4. The average molecular weight is 357 g/mol. The number of benzene rings is 1. The second-order valence-corrected chi connectivity index (χ2v) is 8.96. The molecule has 1 aliphatic rings. The van der Waals surface area contributed by atoms with Crippen LogP contribution < -0.4 is 5.73 Å². The van der Waals surface area contributed by atoms with Gasteiger partial charge in [0, 0.05) is 26.2 Å². The van der Waals surface area contributed by atoms with Crippen LogP contribution in [0.25, 0.3) is 0 Å². The molecule has 0 unspecified atom stereocenters. The van der Waals surface area contributed by atoms with Gasteiger partial charge in [0.1, 0.15) is 5.82 Å². The summed E-state index contributed by atoms with van der Waals surface area (Å²) >= 11 is 0. The van der Waals surface area contributed by atoms with Gasteiger partial charge >= 0.3 is 0 Å². The summed E-state index contributed by atoms with van der Waals surface area (Å²) in [6.07, 6.45) is 0. The monoisotopic (exact) mass is 357 g/mol. The topological polar surface area (TPSA) is 83.7 Å². The van der Waals surface area contributed by atoms with Gasteiger partial charge in [-0.2, -0.15) is 4.31 Å². The van der Waals surface area contributed by atoms with Crippen LogP contribution in [0.3, 0.4) is 0 Å². The van der Waals surface area contributed by atoms with Crippen LogP contribution in [0.1, 0.15) is 20.8 Å². The van der Waals surface area contributed by atoms with Crippen LogP contribution in [0.5, 0.6) is 0 Å². The van der Waals surface area contributed by atoms with Crippen LogP contribution in [0.4, 0.5) is 4.39 Å². The third-order valence-electron chi connectivity index (χ3n) is 4.20. The molecule has 0 aromatic heterocycles. The third kappa shape index (κ3) is 3.93. The number of sulfonamides is 1. The highest BCUT2D eigenvalue weighted by Crippen LogP contribution is 2.21. The minimum atomic E-state index is -3.68. The number of nitrogens with two attached hydrogens (primary N) is 1. The van der Waals surface area contributed by atoms with Crippen LogP contribution in [0.2, 0.25) is 0 Å². The van der Waals surface area contributed by atoms with E-state index < -0.39 is 21.9 Å². The van der Waals surface area contributed by atoms with Gasteiger partial charge in [-0.3, -0.25) is 4.79 Å². The number of rotatable bonds is 3. The summed E-state index contributed by atoms with van der Waals surface area (Å²) in [5.74, 6) is -0.651. The van der Waals surface area contributed by atoms with Crippen LogP contribution in [0.15, 0.2) is 29.2 Å². The van der Waals surface area contributed by atoms with Crippen molar-refractivity contribution in [1.82, 2.24) is 9.21 Å². The number of carbonyl (C=O) groups excluding carboxylic acids is 1. The molecule has 1 aromatic rings. The Hall–Kier alpha value is -1.51. The van der Waals surface area contributed by atoms with Crippen molar-refractivity contribution < 1.29 is 17.6 Å². The molecule has 1 atom stereocenters. The maximum Gasteiger partial charge on any atom is 0.243 e. The summed E-state index contributed by atoms with van der Waals surface area (Å²) in [6.45, 7) is 6.66. The first-order valence-electron chi connectivity index (χ1n) is 7.83. The maximum absolute atomic E-state index is 13.0. The molecule has 0 radical (unpaired) electrons. The smallest absolute Gasteiger partial charge is 0.243 e. The first-order chi connectivity index (χ1) is 11.0. The molecule has 6 nitrogen and oxygen atoms in total. The highest BCUT2D eigenvalue weighted by Gasteiger charge is 2.35. The van der Waals surface area contributed by atoms with E-state index in [-0.39, 0.29) is 29.3 Å². The number of hydrogen-bond acceptors (Lipinski definition) is 4. The first-order valence-corrected chi connectivity index (χ1v) is 9.27. The van der Waals surface area contributed by atoms with Gasteiger partial charge in [-0.15, -0.1) is 0 Å². The van der Waals surface area contributed by atoms with E-state index in [2.05, 4.69) is 0 Å². The maximum atomic E-state index is 13.0. The lowest BCUT2D eigenvalue weighted by atomic mass is 9.86. The number of halogens is 1. The van der Waals surface area contributed by atoms with E-state index in [9.17, 15) is 17.6 Å². The van der Waals surface area contributed by atoms with Gasteiger partial charge in [-0.1, -0.05) is 20.8 Å². The molecule has 0 spiro atoms. The molecule has 0 aliphatic carbocycles. The van der Waals surface area contributed by atoms with Gasteiger partial charge in [-0.25, -0.2) is 12.8 Å². The standard InChI is InChI=1S/C16H24FN3O3S/c1-16(2,3)14(18)15(21)19-8-10-20(11-9-19)24(22,23)13-6-4-12(17)5-7-13/h4-7,14H,8-11,18H2,1-3H3/t14-/m1/s1. The zero-order chi connectivity index (χ0) is 18.1. The summed E-state index contributed by atoms with van der Waals surface area (Å²) in [4.78, 5) is 14.1. The second-order valence-electron chi connectivity index (χ2n) is 7.03. The molecular formula is C16H24FN3O3S. The Kier molecular flexibility index (Phi) is 5.31. The van der Waals surface area contributed by atoms with E-state index in [1.807, 2.05) is 20.8 Å². The lowest BCUT2D eigenvalue weighted by molar-refractivity contribution is -0.136. The van der Waals surface area contributed by atoms with E-state index in [0.29, 0.717) is 13.1 Å². The average Bonchev–Trinajstić information content (AvgIpc) is 2.53. The van der Waals surface area contributed by atoms with Crippen LogP contribution in [-0.2, 0) is 14.8 Å². The lowest BCUT2D eigenvalue weighted by Gasteiger charge is -2.37. The lowest BCUT2D eigenvalue weighted by Crippen LogP contribution is -2.56. The Labute approximate surface area is 142 Å². The van der Waals surface area contributed by atoms with Crippen molar-refractivity contribution in [2.45, 2.75) is 31.7 Å². The Bertz CT molecular complexity index is 690. The van der Waals surface area contributed by atoms with Crippen molar-refractivity contribution in [3.8, 4) is 0 Å². The normalized spacial score (nSPS) is 18.5. The van der Waals surface area contributed by atoms with Gasteiger partial charge in [0.25, 0.3) is 0 Å². The van der Waals surface area contributed by atoms with Gasteiger partial charge in [0.15, 0.2) is 0 Å². The quantitative estimate of drug-likeness (QED) is 0.876. The van der Waals surface area contributed by atoms with Gasteiger partial charge in [-0.05, 0) is 29.7 Å². The Morgan fingerprint density at radius 3 is 2.08 bits per heavy atom. The Morgan fingerprint density at radius 2 is 1.62 bits per heavy atom. The van der Waals surface area contributed by atoms with E-state index in [4.69, 9.17) is 5.73 Å². The van der Waals surface area contributed by atoms with Crippen LogP contribution >= 0.6 is 0 Å². The van der Waals surface area contributed by atoms with Crippen molar-refractivity contribution in [2.24, 2.45) is 11.1 Å². The molecule has 1 amide bonds. The minimum absolute atomic E-state index is 0.0510. The number of hydrogen-bond donors (Lipinski definition) is 1. The molecule has 0 bridgehead atoms. The summed E-state index contributed by atoms with van der Waals surface area (Å²) in [5.41, 5.74) is 5.64. The second kappa shape index (κ2) is 6.78. The Balaban J connectivity index is 2.04. The molecule has 1 saturated heterocycles. The molecule has 134 valence electrons. The fourth-order valence-electron chi connectivity index (χ4n) is 2.47. The molecule has 24 heavy (non-hydrogen) atoms. The van der Waals surface area contributed by atoms with Gasteiger partial charge in [0.05, 0.1) is 10.9 Å². The van der Waals surface area contributed by atoms with Crippen molar-refractivity contribution in [3.63, 3.8) is 0 Å². The Morgan fingerprint density at radius 1 is 1.12 bits per heavy atom. The first kappa shape index (κ1) is 18.8. The van der Waals surface area contributed by atoms with Crippen LogP contribution in [-0.4, -0.2) is 55.8 Å². The summed E-state index contributed by atoms with van der Waals surface area (Å²) in [7, 11) is -3.68. The third-order valence-corrected chi connectivity index (χ3v) is 6.11. The molecule has 0 saturated carbocycles. The van der Waals surface area contributed by atoms with Gasteiger partial charge in [0.2, 0.25) is 15.9 Å². The van der Waals surface area contributed by atoms with Crippen LogP contribution in [0, 0.1) is 11.2 Å². The fraction of sp³-hybridized carbons (Fsp3) is 0.562. The van der Waals surface area contributed by atoms with Crippen molar-refractivity contribution in [2.75, 3.05) is 26.2 Å². The highest BCUT2D eigenvalue weighted by molar-refractivity contribution is 7.89. The summed E-state index contributed by atoms with van der Waals surface area (Å²) in [5, 5.41) is 0. The molecular weight excluding hydrogens is 333 g/mol. The molecule has 1 heterocycles. The number of amides is 1. The molecule has 2 rings (SSSR count). The van der Waals surface area contributed by atoms with E-state index in [0.717, 1.165) is 12.1 Å². The predicted octanol–water partition coefficient (Wildman–Crippen LogP) is 1.03. The molecule has 1 aromatic carbocycles.